The minimum Gasteiger partial charge on any atom is -0.373 e. The summed E-state index contributed by atoms with van der Waals surface area (Å²) in [6.07, 6.45) is 8.08. The Bertz CT molecular complexity index is 286. The van der Waals surface area contributed by atoms with Gasteiger partial charge in [-0.15, -0.1) is 0 Å². The zero-order valence-electron chi connectivity index (χ0n) is 11.4. The number of hydrogen-bond donors (Lipinski definition) is 0. The molecule has 1 rings (SSSR count). The average Bonchev–Trinajstić information content (AvgIpc) is 2.43. The maximum Gasteiger partial charge on any atom is 0.0921 e. The zero-order chi connectivity index (χ0) is 13.1. The molecule has 0 amide bonds. The molecule has 1 atom stereocenters. The largest absolute Gasteiger partial charge is 0.373 e. The lowest BCUT2D eigenvalue weighted by Gasteiger charge is -2.15. The molecule has 2 heteroatoms. The number of rotatable bonds is 10. The fourth-order valence-electron chi connectivity index (χ4n) is 2.01. The molecule has 0 spiro atoms. The predicted octanol–water partition coefficient (Wildman–Crippen LogP) is 5.50. The molecular formula is C16H25BrO. The molecule has 0 aromatic heterocycles. The average molecular weight is 313 g/mol. The minimum atomic E-state index is 0.196. The molecule has 0 fully saturated rings. The van der Waals surface area contributed by atoms with Crippen LogP contribution in [0.2, 0.25) is 0 Å². The van der Waals surface area contributed by atoms with E-state index in [1.807, 2.05) is 6.07 Å². The molecule has 0 saturated carbocycles. The van der Waals surface area contributed by atoms with Crippen LogP contribution in [0, 0.1) is 0 Å². The van der Waals surface area contributed by atoms with Crippen molar-refractivity contribution >= 4 is 15.9 Å². The number of hydrogen-bond acceptors (Lipinski definition) is 1. The molecule has 1 aromatic carbocycles. The van der Waals surface area contributed by atoms with Crippen molar-refractivity contribution in [2.24, 2.45) is 0 Å². The maximum atomic E-state index is 5.94. The van der Waals surface area contributed by atoms with E-state index < -0.39 is 0 Å². The van der Waals surface area contributed by atoms with E-state index in [9.17, 15) is 0 Å². The van der Waals surface area contributed by atoms with E-state index in [4.69, 9.17) is 4.74 Å². The van der Waals surface area contributed by atoms with Gasteiger partial charge in [-0.3, -0.25) is 0 Å². The van der Waals surface area contributed by atoms with Crippen LogP contribution < -0.4 is 0 Å². The van der Waals surface area contributed by atoms with Crippen molar-refractivity contribution in [2.45, 2.75) is 51.6 Å². The molecule has 0 bridgehead atoms. The number of unbranched alkanes of at least 4 members (excludes halogenated alkanes) is 5. The fraction of sp³-hybridized carbons (Fsp3) is 0.625. The normalized spacial score (nSPS) is 12.6. The molecule has 1 nitrogen and oxygen atoms in total. The quantitative estimate of drug-likeness (QED) is 0.409. The van der Waals surface area contributed by atoms with Gasteiger partial charge in [-0.2, -0.15) is 0 Å². The van der Waals surface area contributed by atoms with Crippen LogP contribution >= 0.6 is 15.9 Å². The van der Waals surface area contributed by atoms with Gasteiger partial charge >= 0.3 is 0 Å². The van der Waals surface area contributed by atoms with Gasteiger partial charge in [0.25, 0.3) is 0 Å². The van der Waals surface area contributed by atoms with Crippen LogP contribution in [0.25, 0.3) is 0 Å². The SMILES string of the molecule is CCCCCCCCOC(CBr)c1ccccc1. The summed E-state index contributed by atoms with van der Waals surface area (Å²) in [5.74, 6) is 0. The van der Waals surface area contributed by atoms with E-state index in [1.165, 1.54) is 44.1 Å². The van der Waals surface area contributed by atoms with Crippen molar-refractivity contribution in [1.29, 1.82) is 0 Å². The highest BCUT2D eigenvalue weighted by molar-refractivity contribution is 9.09. The van der Waals surface area contributed by atoms with Crippen LogP contribution in [0.15, 0.2) is 30.3 Å². The van der Waals surface area contributed by atoms with Crippen LogP contribution in [0.5, 0.6) is 0 Å². The Morgan fingerprint density at radius 2 is 1.67 bits per heavy atom. The second kappa shape index (κ2) is 10.6. The topological polar surface area (TPSA) is 9.23 Å². The van der Waals surface area contributed by atoms with E-state index in [2.05, 4.69) is 47.1 Å². The number of halogens is 1. The highest BCUT2D eigenvalue weighted by atomic mass is 79.9. The molecule has 18 heavy (non-hydrogen) atoms. The molecule has 0 aliphatic carbocycles. The molecule has 0 radical (unpaired) electrons. The summed E-state index contributed by atoms with van der Waals surface area (Å²) in [7, 11) is 0. The Morgan fingerprint density at radius 1 is 1.00 bits per heavy atom. The molecule has 1 unspecified atom stereocenters. The van der Waals surface area contributed by atoms with E-state index >= 15 is 0 Å². The smallest absolute Gasteiger partial charge is 0.0921 e. The predicted molar refractivity (Wildman–Crippen MR) is 82.3 cm³/mol. The third-order valence-electron chi connectivity index (χ3n) is 3.13. The molecule has 0 aliphatic rings. The van der Waals surface area contributed by atoms with Gasteiger partial charge in [-0.25, -0.2) is 0 Å². The first-order chi connectivity index (χ1) is 8.88. The third-order valence-corrected chi connectivity index (χ3v) is 3.72. The van der Waals surface area contributed by atoms with Gasteiger partial charge in [0.1, 0.15) is 0 Å². The minimum absolute atomic E-state index is 0.196. The van der Waals surface area contributed by atoms with Gasteiger partial charge in [0.2, 0.25) is 0 Å². The molecule has 1 aromatic rings. The summed E-state index contributed by atoms with van der Waals surface area (Å²) in [5, 5.41) is 0.868. The lowest BCUT2D eigenvalue weighted by molar-refractivity contribution is 0.0667. The monoisotopic (exact) mass is 312 g/mol. The molecule has 0 N–H and O–H groups in total. The van der Waals surface area contributed by atoms with Crippen LogP contribution in [0.4, 0.5) is 0 Å². The van der Waals surface area contributed by atoms with E-state index in [0.717, 1.165) is 11.9 Å². The van der Waals surface area contributed by atoms with E-state index in [-0.39, 0.29) is 6.10 Å². The van der Waals surface area contributed by atoms with Crippen LogP contribution in [0.3, 0.4) is 0 Å². The van der Waals surface area contributed by atoms with Crippen molar-refractivity contribution in [3.63, 3.8) is 0 Å². The maximum absolute atomic E-state index is 5.94. The van der Waals surface area contributed by atoms with Gasteiger partial charge in [0, 0.05) is 11.9 Å². The molecule has 0 heterocycles. The Hall–Kier alpha value is -0.340. The molecule has 102 valence electrons. The molecular weight excluding hydrogens is 288 g/mol. The number of ether oxygens (including phenoxy) is 1. The second-order valence-corrected chi connectivity index (χ2v) is 5.34. The van der Waals surface area contributed by atoms with Crippen molar-refractivity contribution in [2.75, 3.05) is 11.9 Å². The van der Waals surface area contributed by atoms with Gasteiger partial charge in [-0.05, 0) is 12.0 Å². The summed E-state index contributed by atoms with van der Waals surface area (Å²) < 4.78 is 5.94. The van der Waals surface area contributed by atoms with Gasteiger partial charge in [0.05, 0.1) is 6.10 Å². The highest BCUT2D eigenvalue weighted by Gasteiger charge is 2.09. The first kappa shape index (κ1) is 15.7. The molecule has 0 saturated heterocycles. The second-order valence-electron chi connectivity index (χ2n) is 4.69. The first-order valence-electron chi connectivity index (χ1n) is 7.11. The van der Waals surface area contributed by atoms with Crippen molar-refractivity contribution in [3.05, 3.63) is 35.9 Å². The Labute approximate surface area is 120 Å². The van der Waals surface area contributed by atoms with Gasteiger partial charge in [0.15, 0.2) is 0 Å². The fourth-order valence-corrected chi connectivity index (χ4v) is 2.57. The van der Waals surface area contributed by atoms with Crippen molar-refractivity contribution in [1.82, 2.24) is 0 Å². The van der Waals surface area contributed by atoms with Crippen LogP contribution in [-0.2, 0) is 4.74 Å². The summed E-state index contributed by atoms with van der Waals surface area (Å²) in [6, 6.07) is 10.4. The Morgan fingerprint density at radius 3 is 2.33 bits per heavy atom. The van der Waals surface area contributed by atoms with Gasteiger partial charge in [-0.1, -0.05) is 85.3 Å². The van der Waals surface area contributed by atoms with E-state index in [1.54, 1.807) is 0 Å². The summed E-state index contributed by atoms with van der Waals surface area (Å²) >= 11 is 3.53. The number of benzene rings is 1. The first-order valence-corrected chi connectivity index (χ1v) is 8.23. The summed E-state index contributed by atoms with van der Waals surface area (Å²) in [6.45, 7) is 3.13. The summed E-state index contributed by atoms with van der Waals surface area (Å²) in [4.78, 5) is 0. The standard InChI is InChI=1S/C16H25BrO/c1-2-3-4-5-6-10-13-18-16(14-17)15-11-8-7-9-12-15/h7-9,11-12,16H,2-6,10,13-14H2,1H3. The highest BCUT2D eigenvalue weighted by Crippen LogP contribution is 2.20. The lowest BCUT2D eigenvalue weighted by atomic mass is 10.1. The molecule has 0 aliphatic heterocycles. The Balaban J connectivity index is 2.13. The van der Waals surface area contributed by atoms with E-state index in [0.29, 0.717) is 0 Å². The van der Waals surface area contributed by atoms with Gasteiger partial charge < -0.3 is 4.74 Å². The zero-order valence-corrected chi connectivity index (χ0v) is 13.0. The summed E-state index contributed by atoms with van der Waals surface area (Å²) in [5.41, 5.74) is 1.26. The van der Waals surface area contributed by atoms with Crippen LogP contribution in [-0.4, -0.2) is 11.9 Å². The van der Waals surface area contributed by atoms with Crippen LogP contribution in [0.1, 0.15) is 57.1 Å². The van der Waals surface area contributed by atoms with Crippen molar-refractivity contribution < 1.29 is 4.74 Å². The third kappa shape index (κ3) is 6.55. The lowest BCUT2D eigenvalue weighted by Crippen LogP contribution is -2.06. The number of alkyl halides is 1. The Kier molecular flexibility index (Phi) is 9.23. The van der Waals surface area contributed by atoms with Crippen molar-refractivity contribution in [3.8, 4) is 0 Å².